The number of hydrogen-bond acceptors (Lipinski definition) is 2. The van der Waals surface area contributed by atoms with Gasteiger partial charge in [0.05, 0.1) is 6.61 Å². The molecule has 0 bridgehead atoms. The van der Waals surface area contributed by atoms with Gasteiger partial charge in [-0.1, -0.05) is 25.1 Å². The van der Waals surface area contributed by atoms with Crippen LogP contribution in [0.2, 0.25) is 0 Å². The van der Waals surface area contributed by atoms with E-state index in [1.54, 1.807) is 0 Å². The van der Waals surface area contributed by atoms with Crippen molar-refractivity contribution in [3.05, 3.63) is 29.8 Å². The van der Waals surface area contributed by atoms with Crippen molar-refractivity contribution in [3.63, 3.8) is 0 Å². The molecule has 0 radical (unpaired) electrons. The maximum absolute atomic E-state index is 5.66. The van der Waals surface area contributed by atoms with Crippen molar-refractivity contribution in [2.75, 3.05) is 19.7 Å². The van der Waals surface area contributed by atoms with Crippen molar-refractivity contribution >= 4 is 0 Å². The Hall–Kier alpha value is -1.02. The largest absolute Gasteiger partial charge is 0.493 e. The first-order valence-corrected chi connectivity index (χ1v) is 6.34. The van der Waals surface area contributed by atoms with Gasteiger partial charge in [-0.25, -0.2) is 0 Å². The van der Waals surface area contributed by atoms with E-state index in [1.165, 1.54) is 18.4 Å². The summed E-state index contributed by atoms with van der Waals surface area (Å²) in [7, 11) is 0. The molecule has 2 heteroatoms. The molecule has 88 valence electrons. The number of para-hydroxylation sites is 1. The predicted octanol–water partition coefficient (Wildman–Crippen LogP) is 2.94. The SMILES string of the molecule is CCCNCCC1CCOc2ccccc21. The van der Waals surface area contributed by atoms with E-state index in [0.717, 1.165) is 31.9 Å². The smallest absolute Gasteiger partial charge is 0.122 e. The van der Waals surface area contributed by atoms with Gasteiger partial charge in [-0.15, -0.1) is 0 Å². The number of rotatable bonds is 5. The minimum absolute atomic E-state index is 0.675. The molecule has 16 heavy (non-hydrogen) atoms. The molecule has 1 atom stereocenters. The van der Waals surface area contributed by atoms with Gasteiger partial charge in [-0.3, -0.25) is 0 Å². The average molecular weight is 219 g/mol. The second-order valence-corrected chi connectivity index (χ2v) is 4.41. The molecular formula is C14H21NO. The van der Waals surface area contributed by atoms with Gasteiger partial charge in [0.25, 0.3) is 0 Å². The highest BCUT2D eigenvalue weighted by molar-refractivity contribution is 5.37. The summed E-state index contributed by atoms with van der Waals surface area (Å²) in [4.78, 5) is 0. The average Bonchev–Trinajstić information content (AvgIpc) is 2.35. The Labute approximate surface area is 98.0 Å². The molecule has 1 heterocycles. The third kappa shape index (κ3) is 2.76. The molecule has 1 unspecified atom stereocenters. The van der Waals surface area contributed by atoms with Crippen molar-refractivity contribution in [2.24, 2.45) is 0 Å². The van der Waals surface area contributed by atoms with Crippen LogP contribution >= 0.6 is 0 Å². The van der Waals surface area contributed by atoms with Crippen LogP contribution in [0.15, 0.2) is 24.3 Å². The van der Waals surface area contributed by atoms with Gasteiger partial charge in [0.1, 0.15) is 5.75 Å². The lowest BCUT2D eigenvalue weighted by Gasteiger charge is -2.25. The van der Waals surface area contributed by atoms with E-state index in [1.807, 2.05) is 0 Å². The van der Waals surface area contributed by atoms with Gasteiger partial charge in [0.15, 0.2) is 0 Å². The fourth-order valence-corrected chi connectivity index (χ4v) is 2.29. The van der Waals surface area contributed by atoms with Crippen LogP contribution in [0.1, 0.15) is 37.7 Å². The van der Waals surface area contributed by atoms with Crippen molar-refractivity contribution < 1.29 is 4.74 Å². The lowest BCUT2D eigenvalue weighted by Crippen LogP contribution is -2.21. The lowest BCUT2D eigenvalue weighted by molar-refractivity contribution is 0.262. The second kappa shape index (κ2) is 5.90. The van der Waals surface area contributed by atoms with Crippen LogP contribution < -0.4 is 10.1 Å². The van der Waals surface area contributed by atoms with Crippen LogP contribution in [0, 0.1) is 0 Å². The second-order valence-electron chi connectivity index (χ2n) is 4.41. The Morgan fingerprint density at radius 3 is 3.06 bits per heavy atom. The first-order valence-electron chi connectivity index (χ1n) is 6.34. The maximum Gasteiger partial charge on any atom is 0.122 e. The van der Waals surface area contributed by atoms with Crippen LogP contribution in [0.25, 0.3) is 0 Å². The summed E-state index contributed by atoms with van der Waals surface area (Å²) < 4.78 is 5.66. The highest BCUT2D eigenvalue weighted by atomic mass is 16.5. The first-order chi connectivity index (χ1) is 7.92. The Bertz CT molecular complexity index is 324. The maximum atomic E-state index is 5.66. The van der Waals surface area contributed by atoms with Crippen molar-refractivity contribution in [2.45, 2.75) is 32.1 Å². The molecule has 2 rings (SSSR count). The van der Waals surface area contributed by atoms with Crippen LogP contribution in [0.5, 0.6) is 5.75 Å². The van der Waals surface area contributed by atoms with Crippen LogP contribution in [-0.4, -0.2) is 19.7 Å². The molecule has 0 amide bonds. The third-order valence-electron chi connectivity index (χ3n) is 3.18. The standard InChI is InChI=1S/C14H21NO/c1-2-9-15-10-7-12-8-11-16-14-6-4-3-5-13(12)14/h3-6,12,15H,2,7-11H2,1H3. The summed E-state index contributed by atoms with van der Waals surface area (Å²) in [5, 5.41) is 3.47. The fraction of sp³-hybridized carbons (Fsp3) is 0.571. The highest BCUT2D eigenvalue weighted by Crippen LogP contribution is 2.34. The molecule has 1 N–H and O–H groups in total. The van der Waals surface area contributed by atoms with Crippen LogP contribution in [-0.2, 0) is 0 Å². The number of nitrogens with one attached hydrogen (secondary N) is 1. The van der Waals surface area contributed by atoms with Gasteiger partial charge >= 0.3 is 0 Å². The fourth-order valence-electron chi connectivity index (χ4n) is 2.29. The molecule has 0 saturated carbocycles. The monoisotopic (exact) mass is 219 g/mol. The van der Waals surface area contributed by atoms with Crippen molar-refractivity contribution in [1.29, 1.82) is 0 Å². The molecule has 0 saturated heterocycles. The summed E-state index contributed by atoms with van der Waals surface area (Å²) in [6, 6.07) is 8.45. The topological polar surface area (TPSA) is 21.3 Å². The minimum atomic E-state index is 0.675. The van der Waals surface area contributed by atoms with Gasteiger partial charge in [-0.2, -0.15) is 0 Å². The van der Waals surface area contributed by atoms with Gasteiger partial charge in [-0.05, 0) is 49.9 Å². The molecule has 1 aliphatic heterocycles. The molecule has 0 spiro atoms. The zero-order chi connectivity index (χ0) is 11.2. The third-order valence-corrected chi connectivity index (χ3v) is 3.18. The van der Waals surface area contributed by atoms with Crippen LogP contribution in [0.4, 0.5) is 0 Å². The summed E-state index contributed by atoms with van der Waals surface area (Å²) >= 11 is 0. The van der Waals surface area contributed by atoms with E-state index in [-0.39, 0.29) is 0 Å². The Kier molecular flexibility index (Phi) is 4.23. The number of hydrogen-bond donors (Lipinski definition) is 1. The molecule has 0 aliphatic carbocycles. The van der Waals surface area contributed by atoms with E-state index in [4.69, 9.17) is 4.74 Å². The summed E-state index contributed by atoms with van der Waals surface area (Å²) in [6.45, 7) is 5.32. The number of fused-ring (bicyclic) bond motifs is 1. The van der Waals surface area contributed by atoms with Gasteiger partial charge < -0.3 is 10.1 Å². The number of ether oxygens (including phenoxy) is 1. The Balaban J connectivity index is 1.91. The van der Waals surface area contributed by atoms with E-state index >= 15 is 0 Å². The zero-order valence-electron chi connectivity index (χ0n) is 10.0. The van der Waals surface area contributed by atoms with Crippen LogP contribution in [0.3, 0.4) is 0 Å². The summed E-state index contributed by atoms with van der Waals surface area (Å²) in [5.74, 6) is 1.77. The quantitative estimate of drug-likeness (QED) is 0.769. The predicted molar refractivity (Wildman–Crippen MR) is 67.1 cm³/mol. The first kappa shape index (κ1) is 11.5. The van der Waals surface area contributed by atoms with Crippen molar-refractivity contribution in [3.8, 4) is 5.75 Å². The highest BCUT2D eigenvalue weighted by Gasteiger charge is 2.20. The van der Waals surface area contributed by atoms with Crippen molar-refractivity contribution in [1.82, 2.24) is 5.32 Å². The summed E-state index contributed by atoms with van der Waals surface area (Å²) in [6.07, 6.45) is 3.59. The molecule has 0 fully saturated rings. The molecular weight excluding hydrogens is 198 g/mol. The summed E-state index contributed by atoms with van der Waals surface area (Å²) in [5.41, 5.74) is 1.40. The molecule has 1 aromatic carbocycles. The number of benzene rings is 1. The van der Waals surface area contributed by atoms with E-state index in [9.17, 15) is 0 Å². The van der Waals surface area contributed by atoms with Gasteiger partial charge in [0, 0.05) is 0 Å². The normalized spacial score (nSPS) is 18.9. The van der Waals surface area contributed by atoms with Gasteiger partial charge in [0.2, 0.25) is 0 Å². The zero-order valence-corrected chi connectivity index (χ0v) is 10.0. The van der Waals surface area contributed by atoms with E-state index < -0.39 is 0 Å². The Morgan fingerprint density at radius 1 is 1.31 bits per heavy atom. The Morgan fingerprint density at radius 2 is 2.19 bits per heavy atom. The lowest BCUT2D eigenvalue weighted by atomic mass is 9.90. The molecule has 0 aromatic heterocycles. The molecule has 2 nitrogen and oxygen atoms in total. The van der Waals surface area contributed by atoms with E-state index in [0.29, 0.717) is 5.92 Å². The molecule has 1 aromatic rings. The van der Waals surface area contributed by atoms with E-state index in [2.05, 4.69) is 36.5 Å². The molecule has 1 aliphatic rings. The minimum Gasteiger partial charge on any atom is -0.493 e.